The number of nitrogens with two attached hydrogens (primary N) is 1. The molecule has 1 amide bonds. The van der Waals surface area contributed by atoms with E-state index in [1.807, 2.05) is 23.0 Å². The lowest BCUT2D eigenvalue weighted by Crippen LogP contribution is -2.49. The first-order chi connectivity index (χ1) is 16.2. The van der Waals surface area contributed by atoms with Crippen LogP contribution in [0.15, 0.2) is 30.6 Å². The second kappa shape index (κ2) is 8.35. The van der Waals surface area contributed by atoms with Crippen LogP contribution in [0.1, 0.15) is 36.5 Å². The summed E-state index contributed by atoms with van der Waals surface area (Å²) in [6.45, 7) is 6.02. The van der Waals surface area contributed by atoms with E-state index < -0.39 is 12.1 Å². The first kappa shape index (κ1) is 22.3. The highest BCUT2D eigenvalue weighted by Gasteiger charge is 2.32. The molecule has 0 saturated carbocycles. The molecule has 3 aromatic rings. The topological polar surface area (TPSA) is 131 Å². The Morgan fingerprint density at radius 2 is 2.12 bits per heavy atom. The number of nitrogens with one attached hydrogen (secondary N) is 2. The van der Waals surface area contributed by atoms with Gasteiger partial charge in [0, 0.05) is 48.9 Å². The van der Waals surface area contributed by atoms with Gasteiger partial charge >= 0.3 is 0 Å². The quantitative estimate of drug-likeness (QED) is 0.465. The van der Waals surface area contributed by atoms with E-state index in [1.165, 1.54) is 6.20 Å². The van der Waals surface area contributed by atoms with Gasteiger partial charge in [0.05, 0.1) is 18.1 Å². The number of phenols is 1. The maximum Gasteiger partial charge on any atom is 0.274 e. The third-order valence-electron chi connectivity index (χ3n) is 6.40. The number of hydrogen-bond donors (Lipinski definition) is 4. The number of aromatic hydroxyl groups is 1. The zero-order valence-corrected chi connectivity index (χ0v) is 19.2. The maximum absolute atomic E-state index is 13.7. The zero-order valence-electron chi connectivity index (χ0n) is 19.2. The number of carbonyl (C=O) groups is 1. The Kier molecular flexibility index (Phi) is 5.47. The Bertz CT molecular complexity index is 1260. The summed E-state index contributed by atoms with van der Waals surface area (Å²) in [7, 11) is 0. The third-order valence-corrected chi connectivity index (χ3v) is 6.40. The van der Waals surface area contributed by atoms with Crippen molar-refractivity contribution in [2.45, 2.75) is 45.4 Å². The van der Waals surface area contributed by atoms with Crippen LogP contribution >= 0.6 is 0 Å². The molecule has 1 saturated heterocycles. The van der Waals surface area contributed by atoms with Gasteiger partial charge in [-0.05, 0) is 29.5 Å². The standard InChI is InChI=1S/C24H28FN7O2/c1-24(2)7-19-17(10-29-32(19)12-24)13-3-4-20(33)16(5-13)18-11-28-22(26)21(31-18)23(34)30-15-6-14(25)8-27-9-15/h3-5,10-11,14-15,27,33H,6-9,12H2,1-2H3,(H2,26,28)(H,30,34). The molecule has 10 heteroatoms. The van der Waals surface area contributed by atoms with Gasteiger partial charge in [-0.1, -0.05) is 19.9 Å². The van der Waals surface area contributed by atoms with Crippen LogP contribution in [0.5, 0.6) is 5.75 Å². The Morgan fingerprint density at radius 3 is 2.91 bits per heavy atom. The number of alkyl halides is 1. The molecule has 0 bridgehead atoms. The van der Waals surface area contributed by atoms with Crippen molar-refractivity contribution in [3.05, 3.63) is 42.0 Å². The van der Waals surface area contributed by atoms with Crippen molar-refractivity contribution in [1.29, 1.82) is 0 Å². The fourth-order valence-electron chi connectivity index (χ4n) is 4.75. The first-order valence-corrected chi connectivity index (χ1v) is 11.4. The van der Waals surface area contributed by atoms with Crippen molar-refractivity contribution in [3.63, 3.8) is 0 Å². The second-order valence-electron chi connectivity index (χ2n) is 9.89. The van der Waals surface area contributed by atoms with Crippen LogP contribution in [-0.4, -0.2) is 56.1 Å². The maximum atomic E-state index is 13.7. The van der Waals surface area contributed by atoms with E-state index in [-0.39, 0.29) is 41.7 Å². The summed E-state index contributed by atoms with van der Waals surface area (Å²) in [5.41, 5.74) is 9.79. The molecule has 5 rings (SSSR count). The minimum Gasteiger partial charge on any atom is -0.507 e. The highest BCUT2D eigenvalue weighted by atomic mass is 19.1. The van der Waals surface area contributed by atoms with E-state index >= 15 is 0 Å². The molecule has 2 aliphatic rings. The van der Waals surface area contributed by atoms with Crippen LogP contribution in [0.25, 0.3) is 22.4 Å². The summed E-state index contributed by atoms with van der Waals surface area (Å²) < 4.78 is 15.7. The molecule has 1 aromatic carbocycles. The average Bonchev–Trinajstić information content (AvgIpc) is 3.29. The number of halogens is 1. The number of aromatic nitrogens is 4. The van der Waals surface area contributed by atoms with Gasteiger partial charge in [-0.15, -0.1) is 0 Å². The van der Waals surface area contributed by atoms with Gasteiger partial charge in [-0.2, -0.15) is 5.10 Å². The number of carbonyl (C=O) groups excluding carboxylic acids is 1. The number of piperidine rings is 1. The van der Waals surface area contributed by atoms with Crippen LogP contribution in [0.3, 0.4) is 0 Å². The van der Waals surface area contributed by atoms with Crippen molar-refractivity contribution in [3.8, 4) is 28.1 Å². The molecule has 2 aliphatic heterocycles. The SMILES string of the molecule is CC1(C)Cc2c(-c3ccc(O)c(-c4cnc(N)c(C(=O)NC5CNCC(F)C5)n4)c3)cnn2C1. The largest absolute Gasteiger partial charge is 0.507 e. The molecular weight excluding hydrogens is 437 g/mol. The smallest absolute Gasteiger partial charge is 0.274 e. The van der Waals surface area contributed by atoms with E-state index in [4.69, 9.17) is 5.73 Å². The van der Waals surface area contributed by atoms with Crippen LogP contribution in [-0.2, 0) is 13.0 Å². The van der Waals surface area contributed by atoms with Crippen LogP contribution in [0, 0.1) is 5.41 Å². The van der Waals surface area contributed by atoms with E-state index in [9.17, 15) is 14.3 Å². The number of hydrogen-bond acceptors (Lipinski definition) is 7. The minimum atomic E-state index is -1.02. The summed E-state index contributed by atoms with van der Waals surface area (Å²) in [6.07, 6.45) is 3.37. The van der Waals surface area contributed by atoms with Crippen LogP contribution in [0.4, 0.5) is 10.2 Å². The Balaban J connectivity index is 1.45. The van der Waals surface area contributed by atoms with E-state index in [0.29, 0.717) is 17.8 Å². The van der Waals surface area contributed by atoms with E-state index in [2.05, 4.69) is 39.5 Å². The predicted molar refractivity (Wildman–Crippen MR) is 126 cm³/mol. The van der Waals surface area contributed by atoms with Crippen LogP contribution < -0.4 is 16.4 Å². The molecule has 0 radical (unpaired) electrons. The van der Waals surface area contributed by atoms with Crippen molar-refractivity contribution in [2.75, 3.05) is 18.8 Å². The van der Waals surface area contributed by atoms with Crippen molar-refractivity contribution in [1.82, 2.24) is 30.4 Å². The summed E-state index contributed by atoms with van der Waals surface area (Å²) in [6, 6.07) is 4.89. The van der Waals surface area contributed by atoms with E-state index in [0.717, 1.165) is 29.8 Å². The number of nitrogens with zero attached hydrogens (tertiary/aromatic N) is 4. The molecule has 4 heterocycles. The highest BCUT2D eigenvalue weighted by molar-refractivity contribution is 5.97. The lowest BCUT2D eigenvalue weighted by Gasteiger charge is -2.26. The van der Waals surface area contributed by atoms with Gasteiger partial charge in [0.25, 0.3) is 5.91 Å². The van der Waals surface area contributed by atoms with Crippen molar-refractivity contribution in [2.24, 2.45) is 5.41 Å². The summed E-state index contributed by atoms with van der Waals surface area (Å²) >= 11 is 0. The Labute approximate surface area is 196 Å². The number of anilines is 1. The van der Waals surface area contributed by atoms with Gasteiger partial charge < -0.3 is 21.5 Å². The number of benzene rings is 1. The molecule has 2 unspecified atom stereocenters. The van der Waals surface area contributed by atoms with Gasteiger partial charge in [0.2, 0.25) is 0 Å². The van der Waals surface area contributed by atoms with Crippen LogP contribution in [0.2, 0.25) is 0 Å². The average molecular weight is 466 g/mol. The Hall–Kier alpha value is -3.53. The molecule has 178 valence electrons. The highest BCUT2D eigenvalue weighted by Crippen LogP contribution is 2.39. The predicted octanol–water partition coefficient (Wildman–Crippen LogP) is 2.31. The number of fused-ring (bicyclic) bond motifs is 1. The summed E-state index contributed by atoms with van der Waals surface area (Å²) in [5, 5.41) is 20.8. The molecule has 5 N–H and O–H groups in total. The number of nitrogen functional groups attached to an aromatic ring is 1. The van der Waals surface area contributed by atoms with E-state index in [1.54, 1.807) is 6.07 Å². The fraction of sp³-hybridized carbons (Fsp3) is 0.417. The third kappa shape index (κ3) is 4.21. The van der Waals surface area contributed by atoms with Gasteiger partial charge in [-0.3, -0.25) is 9.48 Å². The molecule has 2 atom stereocenters. The Morgan fingerprint density at radius 1 is 1.29 bits per heavy atom. The molecule has 9 nitrogen and oxygen atoms in total. The monoisotopic (exact) mass is 465 g/mol. The number of amides is 1. The number of phenolic OH excluding ortho intramolecular Hbond substituents is 1. The van der Waals surface area contributed by atoms with Crippen molar-refractivity contribution >= 4 is 11.7 Å². The summed E-state index contributed by atoms with van der Waals surface area (Å²) in [5.74, 6) is -0.552. The van der Waals surface area contributed by atoms with Crippen molar-refractivity contribution < 1.29 is 14.3 Å². The molecular formula is C24H28FN7O2. The number of rotatable bonds is 4. The van der Waals surface area contributed by atoms with Gasteiger partial charge in [0.1, 0.15) is 11.9 Å². The molecule has 0 aliphatic carbocycles. The second-order valence-corrected chi connectivity index (χ2v) is 9.89. The lowest BCUT2D eigenvalue weighted by molar-refractivity contribution is 0.0914. The first-order valence-electron chi connectivity index (χ1n) is 11.4. The van der Waals surface area contributed by atoms with Gasteiger partial charge in [0.15, 0.2) is 11.5 Å². The molecule has 34 heavy (non-hydrogen) atoms. The normalized spacial score (nSPS) is 21.3. The van der Waals surface area contributed by atoms with Gasteiger partial charge in [-0.25, -0.2) is 14.4 Å². The lowest BCUT2D eigenvalue weighted by atomic mass is 9.89. The molecule has 2 aromatic heterocycles. The zero-order chi connectivity index (χ0) is 24.0. The molecule has 1 fully saturated rings. The molecule has 0 spiro atoms. The fourth-order valence-corrected chi connectivity index (χ4v) is 4.75. The minimum absolute atomic E-state index is 0.00933. The summed E-state index contributed by atoms with van der Waals surface area (Å²) in [4.78, 5) is 21.4.